The maximum Gasteiger partial charge on any atom is 0.273 e. The summed E-state index contributed by atoms with van der Waals surface area (Å²) in [4.78, 5) is 31.0. The summed E-state index contributed by atoms with van der Waals surface area (Å²) in [7, 11) is 0. The third-order valence-electron chi connectivity index (χ3n) is 5.24. The molecule has 4 rings (SSSR count). The Labute approximate surface area is 155 Å². The van der Waals surface area contributed by atoms with Crippen LogP contribution >= 0.6 is 0 Å². The molecule has 1 aromatic carbocycles. The minimum Gasteiger partial charge on any atom is -0.310 e. The molecule has 1 N–H and O–H groups in total. The van der Waals surface area contributed by atoms with Crippen molar-refractivity contribution in [3.63, 3.8) is 0 Å². The SMILES string of the molecule is CCc1nn(C2CCCC2)c2nc(Cc3ccccc3[N+](=O)[O-])[nH]c(=O)c12. The summed E-state index contributed by atoms with van der Waals surface area (Å²) in [5, 5.41) is 16.5. The van der Waals surface area contributed by atoms with Crippen molar-refractivity contribution in [2.45, 2.75) is 51.5 Å². The van der Waals surface area contributed by atoms with E-state index in [1.165, 1.54) is 6.07 Å². The van der Waals surface area contributed by atoms with E-state index >= 15 is 0 Å². The number of aromatic amines is 1. The number of hydrogen-bond acceptors (Lipinski definition) is 5. The molecular weight excluding hydrogens is 346 g/mol. The first-order valence-corrected chi connectivity index (χ1v) is 9.31. The lowest BCUT2D eigenvalue weighted by atomic mass is 10.1. The predicted octanol–water partition coefficient (Wildman–Crippen LogP) is 3.30. The van der Waals surface area contributed by atoms with Gasteiger partial charge in [0, 0.05) is 18.1 Å². The number of H-pyrrole nitrogens is 1. The fourth-order valence-electron chi connectivity index (χ4n) is 3.91. The van der Waals surface area contributed by atoms with Gasteiger partial charge in [-0.05, 0) is 19.3 Å². The molecule has 0 amide bonds. The Hall–Kier alpha value is -3.03. The summed E-state index contributed by atoms with van der Waals surface area (Å²) >= 11 is 0. The van der Waals surface area contributed by atoms with E-state index in [9.17, 15) is 14.9 Å². The Morgan fingerprint density at radius 1 is 1.30 bits per heavy atom. The van der Waals surface area contributed by atoms with Gasteiger partial charge in [-0.3, -0.25) is 14.9 Å². The first-order chi connectivity index (χ1) is 13.1. The van der Waals surface area contributed by atoms with Gasteiger partial charge in [0.2, 0.25) is 0 Å². The highest BCUT2D eigenvalue weighted by Crippen LogP contribution is 2.31. The Balaban J connectivity index is 1.82. The minimum absolute atomic E-state index is 0.0267. The standard InChI is InChI=1S/C19H21N5O3/c1-2-14-17-18(23(22-14)13-8-4-5-9-13)20-16(21-19(17)25)11-12-7-3-6-10-15(12)24(26)27/h3,6-7,10,13H,2,4-5,8-9,11H2,1H3,(H,20,21,25). The first kappa shape index (κ1) is 17.4. The topological polar surface area (TPSA) is 107 Å². The number of rotatable bonds is 5. The number of benzene rings is 1. The number of nitro benzene ring substituents is 1. The van der Waals surface area contributed by atoms with Crippen molar-refractivity contribution >= 4 is 16.7 Å². The molecule has 27 heavy (non-hydrogen) atoms. The van der Waals surface area contributed by atoms with Crippen molar-refractivity contribution in [2.24, 2.45) is 0 Å². The van der Waals surface area contributed by atoms with Gasteiger partial charge in [-0.1, -0.05) is 38.0 Å². The third-order valence-corrected chi connectivity index (χ3v) is 5.24. The molecule has 1 fully saturated rings. The van der Waals surface area contributed by atoms with E-state index in [-0.39, 0.29) is 23.7 Å². The molecule has 0 saturated heterocycles. The number of fused-ring (bicyclic) bond motifs is 1. The zero-order valence-corrected chi connectivity index (χ0v) is 15.1. The van der Waals surface area contributed by atoms with E-state index in [0.29, 0.717) is 28.8 Å². The van der Waals surface area contributed by atoms with Crippen LogP contribution in [-0.2, 0) is 12.8 Å². The van der Waals surface area contributed by atoms with Crippen LogP contribution in [-0.4, -0.2) is 24.7 Å². The van der Waals surface area contributed by atoms with Crippen LogP contribution in [0.4, 0.5) is 5.69 Å². The van der Waals surface area contributed by atoms with Crippen LogP contribution < -0.4 is 5.56 Å². The van der Waals surface area contributed by atoms with Gasteiger partial charge >= 0.3 is 0 Å². The molecule has 0 spiro atoms. The van der Waals surface area contributed by atoms with E-state index in [1.807, 2.05) is 11.6 Å². The molecule has 1 aliphatic carbocycles. The molecule has 0 radical (unpaired) electrons. The number of para-hydroxylation sites is 1. The van der Waals surface area contributed by atoms with Crippen molar-refractivity contribution < 1.29 is 4.92 Å². The van der Waals surface area contributed by atoms with Crippen molar-refractivity contribution in [2.75, 3.05) is 0 Å². The summed E-state index contributed by atoms with van der Waals surface area (Å²) < 4.78 is 1.90. The summed E-state index contributed by atoms with van der Waals surface area (Å²) in [6.45, 7) is 1.97. The Morgan fingerprint density at radius 2 is 2.04 bits per heavy atom. The van der Waals surface area contributed by atoms with Gasteiger partial charge in [0.1, 0.15) is 11.2 Å². The maximum absolute atomic E-state index is 12.7. The minimum atomic E-state index is -0.413. The smallest absolute Gasteiger partial charge is 0.273 e. The molecule has 1 saturated carbocycles. The zero-order valence-electron chi connectivity index (χ0n) is 15.1. The van der Waals surface area contributed by atoms with Crippen LogP contribution in [0.5, 0.6) is 0 Å². The van der Waals surface area contributed by atoms with E-state index in [0.717, 1.165) is 31.4 Å². The van der Waals surface area contributed by atoms with Gasteiger partial charge in [0.05, 0.1) is 16.7 Å². The largest absolute Gasteiger partial charge is 0.310 e. The maximum atomic E-state index is 12.7. The molecule has 0 bridgehead atoms. The van der Waals surface area contributed by atoms with Gasteiger partial charge in [0.15, 0.2) is 5.65 Å². The van der Waals surface area contributed by atoms with Crippen LogP contribution in [0, 0.1) is 10.1 Å². The Bertz CT molecular complexity index is 1060. The summed E-state index contributed by atoms with van der Waals surface area (Å²) in [5.41, 5.74) is 1.67. The van der Waals surface area contributed by atoms with E-state index in [2.05, 4.69) is 15.1 Å². The number of nitrogens with zero attached hydrogens (tertiary/aromatic N) is 4. The fourth-order valence-corrected chi connectivity index (χ4v) is 3.91. The monoisotopic (exact) mass is 367 g/mol. The average molecular weight is 367 g/mol. The fraction of sp³-hybridized carbons (Fsp3) is 0.421. The second-order valence-electron chi connectivity index (χ2n) is 6.96. The highest BCUT2D eigenvalue weighted by Gasteiger charge is 2.24. The van der Waals surface area contributed by atoms with Crippen LogP contribution in [0.1, 0.15) is 55.7 Å². The van der Waals surface area contributed by atoms with Crippen LogP contribution in [0.3, 0.4) is 0 Å². The van der Waals surface area contributed by atoms with Gasteiger partial charge < -0.3 is 4.98 Å². The molecule has 0 atom stereocenters. The van der Waals surface area contributed by atoms with E-state index in [4.69, 9.17) is 0 Å². The van der Waals surface area contributed by atoms with Crippen LogP contribution in [0.2, 0.25) is 0 Å². The second-order valence-corrected chi connectivity index (χ2v) is 6.96. The highest BCUT2D eigenvalue weighted by molar-refractivity contribution is 5.77. The van der Waals surface area contributed by atoms with Crippen molar-refractivity contribution in [1.82, 2.24) is 19.7 Å². The van der Waals surface area contributed by atoms with E-state index < -0.39 is 4.92 Å². The van der Waals surface area contributed by atoms with Crippen molar-refractivity contribution in [3.8, 4) is 0 Å². The highest BCUT2D eigenvalue weighted by atomic mass is 16.6. The number of aryl methyl sites for hydroxylation is 1. The lowest BCUT2D eigenvalue weighted by Crippen LogP contribution is -2.15. The number of nitrogens with one attached hydrogen (secondary N) is 1. The third kappa shape index (κ3) is 3.11. The molecule has 2 heterocycles. The first-order valence-electron chi connectivity index (χ1n) is 9.31. The lowest BCUT2D eigenvalue weighted by molar-refractivity contribution is -0.385. The summed E-state index contributed by atoms with van der Waals surface area (Å²) in [6.07, 6.45) is 5.23. The molecular formula is C19H21N5O3. The lowest BCUT2D eigenvalue weighted by Gasteiger charge is -2.11. The molecule has 140 valence electrons. The molecule has 8 nitrogen and oxygen atoms in total. The quantitative estimate of drug-likeness (QED) is 0.550. The van der Waals surface area contributed by atoms with E-state index in [1.54, 1.807) is 18.2 Å². The molecule has 0 aliphatic heterocycles. The molecule has 2 aromatic heterocycles. The van der Waals surface area contributed by atoms with Gasteiger partial charge in [-0.2, -0.15) is 5.10 Å². The van der Waals surface area contributed by atoms with Crippen LogP contribution in [0.25, 0.3) is 11.0 Å². The number of aromatic nitrogens is 4. The predicted molar refractivity (Wildman–Crippen MR) is 101 cm³/mol. The van der Waals surface area contributed by atoms with Gasteiger partial charge in [-0.15, -0.1) is 0 Å². The summed E-state index contributed by atoms with van der Waals surface area (Å²) in [6, 6.07) is 6.79. The normalized spacial score (nSPS) is 14.9. The number of nitro groups is 1. The summed E-state index contributed by atoms with van der Waals surface area (Å²) in [5.74, 6) is 0.420. The molecule has 1 aliphatic rings. The molecule has 3 aromatic rings. The number of hydrogen-bond donors (Lipinski definition) is 1. The Kier molecular flexibility index (Phi) is 4.47. The molecule has 0 unspecified atom stereocenters. The van der Waals surface area contributed by atoms with Gasteiger partial charge in [0.25, 0.3) is 11.2 Å². The zero-order chi connectivity index (χ0) is 19.0. The van der Waals surface area contributed by atoms with Crippen molar-refractivity contribution in [1.29, 1.82) is 0 Å². The Morgan fingerprint density at radius 3 is 2.74 bits per heavy atom. The van der Waals surface area contributed by atoms with Crippen LogP contribution in [0.15, 0.2) is 29.1 Å². The average Bonchev–Trinajstić information content (AvgIpc) is 3.29. The van der Waals surface area contributed by atoms with Gasteiger partial charge in [-0.25, -0.2) is 9.67 Å². The second kappa shape index (κ2) is 6.94. The van der Waals surface area contributed by atoms with Crippen molar-refractivity contribution in [3.05, 3.63) is 61.8 Å². The molecule has 8 heteroatoms.